The predicted molar refractivity (Wildman–Crippen MR) is 68.0 cm³/mol. The molecule has 0 heterocycles. The van der Waals surface area contributed by atoms with Crippen molar-refractivity contribution >= 4 is 0 Å². The Bertz CT molecular complexity index is 338. The van der Waals surface area contributed by atoms with Crippen LogP contribution in [0.4, 0.5) is 0 Å². The van der Waals surface area contributed by atoms with Crippen LogP contribution in [-0.4, -0.2) is 0 Å². The fourth-order valence-electron chi connectivity index (χ4n) is 1.30. The highest BCUT2D eigenvalue weighted by Gasteiger charge is 1.89. The molecule has 1 aromatic rings. The van der Waals surface area contributed by atoms with Crippen molar-refractivity contribution in [3.8, 4) is 0 Å². The molecule has 0 aliphatic heterocycles. The third-order valence-electron chi connectivity index (χ3n) is 2.64. The molecule has 0 heteroatoms. The van der Waals surface area contributed by atoms with Crippen molar-refractivity contribution in [2.75, 3.05) is 0 Å². The van der Waals surface area contributed by atoms with Crippen LogP contribution in [0.1, 0.15) is 32.8 Å². The van der Waals surface area contributed by atoms with E-state index in [9.17, 15) is 0 Å². The molecule has 15 heavy (non-hydrogen) atoms. The van der Waals surface area contributed by atoms with Gasteiger partial charge in [0.05, 0.1) is 0 Å². The molecule has 1 rings (SSSR count). The molecule has 0 unspecified atom stereocenters. The zero-order valence-electron chi connectivity index (χ0n) is 9.96. The van der Waals surface area contributed by atoms with E-state index >= 15 is 0 Å². The maximum Gasteiger partial charge on any atom is -0.00973 e. The number of rotatable bonds is 4. The lowest BCUT2D eigenvalue weighted by Crippen LogP contribution is -1.80. The Labute approximate surface area is 93.3 Å². The first-order valence-electron chi connectivity index (χ1n) is 5.52. The molecule has 0 radical (unpaired) electrons. The first-order valence-corrected chi connectivity index (χ1v) is 5.52. The number of benzene rings is 1. The van der Waals surface area contributed by atoms with Crippen LogP contribution in [-0.2, 0) is 6.42 Å². The average Bonchev–Trinajstić information content (AvgIpc) is 2.25. The standard InChI is InChI=1S/C15H20/c1-13(2)14(3)9-7-8-12-15-10-5-4-6-11-15/h4-8,10-11H,9,12H2,1-3H3/b8-7+. The second kappa shape index (κ2) is 6.23. The first kappa shape index (κ1) is 11.8. The largest absolute Gasteiger partial charge is 0.0841 e. The Morgan fingerprint density at radius 1 is 1.00 bits per heavy atom. The molecule has 0 fully saturated rings. The highest BCUT2D eigenvalue weighted by molar-refractivity contribution is 5.18. The molecule has 0 spiro atoms. The highest BCUT2D eigenvalue weighted by Crippen LogP contribution is 2.08. The van der Waals surface area contributed by atoms with E-state index in [1.54, 1.807) is 0 Å². The van der Waals surface area contributed by atoms with E-state index in [0.717, 1.165) is 12.8 Å². The van der Waals surface area contributed by atoms with Crippen molar-refractivity contribution in [3.05, 3.63) is 59.2 Å². The van der Waals surface area contributed by atoms with Crippen molar-refractivity contribution < 1.29 is 0 Å². The van der Waals surface area contributed by atoms with Gasteiger partial charge >= 0.3 is 0 Å². The van der Waals surface area contributed by atoms with Crippen LogP contribution in [0.3, 0.4) is 0 Å². The molecule has 0 nitrogen and oxygen atoms in total. The Morgan fingerprint density at radius 2 is 1.67 bits per heavy atom. The molecule has 0 atom stereocenters. The summed E-state index contributed by atoms with van der Waals surface area (Å²) in [5.74, 6) is 0. The van der Waals surface area contributed by atoms with Gasteiger partial charge in [0.15, 0.2) is 0 Å². The molecular weight excluding hydrogens is 180 g/mol. The predicted octanol–water partition coefficient (Wildman–Crippen LogP) is 4.53. The smallest absolute Gasteiger partial charge is 0.00973 e. The van der Waals surface area contributed by atoms with Gasteiger partial charge in [0.25, 0.3) is 0 Å². The average molecular weight is 200 g/mol. The summed E-state index contributed by atoms with van der Waals surface area (Å²) in [7, 11) is 0. The van der Waals surface area contributed by atoms with E-state index in [4.69, 9.17) is 0 Å². The summed E-state index contributed by atoms with van der Waals surface area (Å²) in [4.78, 5) is 0. The molecule has 0 saturated heterocycles. The molecule has 0 bridgehead atoms. The van der Waals surface area contributed by atoms with Gasteiger partial charge in [-0.05, 0) is 39.2 Å². The van der Waals surface area contributed by atoms with Crippen LogP contribution in [0.15, 0.2) is 53.6 Å². The van der Waals surface area contributed by atoms with Gasteiger partial charge in [-0.25, -0.2) is 0 Å². The van der Waals surface area contributed by atoms with Gasteiger partial charge in [-0.15, -0.1) is 0 Å². The lowest BCUT2D eigenvalue weighted by Gasteiger charge is -1.98. The molecule has 0 aromatic heterocycles. The number of hydrogen-bond donors (Lipinski definition) is 0. The second-order valence-corrected chi connectivity index (χ2v) is 4.15. The fourth-order valence-corrected chi connectivity index (χ4v) is 1.30. The van der Waals surface area contributed by atoms with Crippen molar-refractivity contribution in [3.63, 3.8) is 0 Å². The van der Waals surface area contributed by atoms with Gasteiger partial charge in [-0.2, -0.15) is 0 Å². The minimum absolute atomic E-state index is 1.04. The third-order valence-corrected chi connectivity index (χ3v) is 2.64. The monoisotopic (exact) mass is 200 g/mol. The summed E-state index contributed by atoms with van der Waals surface area (Å²) in [6.45, 7) is 6.53. The van der Waals surface area contributed by atoms with Crippen LogP contribution in [0.25, 0.3) is 0 Å². The lowest BCUT2D eigenvalue weighted by atomic mass is 10.1. The Morgan fingerprint density at radius 3 is 2.27 bits per heavy atom. The van der Waals surface area contributed by atoms with Crippen LogP contribution in [0.2, 0.25) is 0 Å². The highest BCUT2D eigenvalue weighted by atomic mass is 14.0. The maximum atomic E-state index is 2.26. The van der Waals surface area contributed by atoms with Crippen molar-refractivity contribution in [1.29, 1.82) is 0 Å². The van der Waals surface area contributed by atoms with E-state index in [0.29, 0.717) is 0 Å². The molecule has 0 aliphatic rings. The molecule has 1 aromatic carbocycles. The van der Waals surface area contributed by atoms with E-state index in [2.05, 4.69) is 63.3 Å². The van der Waals surface area contributed by atoms with E-state index in [1.165, 1.54) is 16.7 Å². The maximum absolute atomic E-state index is 2.26. The van der Waals surface area contributed by atoms with Crippen LogP contribution in [0, 0.1) is 0 Å². The molecule has 0 N–H and O–H groups in total. The van der Waals surface area contributed by atoms with Crippen molar-refractivity contribution in [2.24, 2.45) is 0 Å². The lowest BCUT2D eigenvalue weighted by molar-refractivity contribution is 1.12. The fraction of sp³-hybridized carbons (Fsp3) is 0.333. The zero-order chi connectivity index (χ0) is 11.1. The summed E-state index contributed by atoms with van der Waals surface area (Å²) >= 11 is 0. The van der Waals surface area contributed by atoms with Gasteiger partial charge in [-0.3, -0.25) is 0 Å². The summed E-state index contributed by atoms with van der Waals surface area (Å²) in [6.07, 6.45) is 6.63. The Kier molecular flexibility index (Phi) is 4.89. The first-order chi connectivity index (χ1) is 7.20. The molecule has 0 amide bonds. The van der Waals surface area contributed by atoms with Gasteiger partial charge in [0.1, 0.15) is 0 Å². The summed E-state index contributed by atoms with van der Waals surface area (Å²) in [6, 6.07) is 10.6. The molecule has 80 valence electrons. The number of allylic oxidation sites excluding steroid dienone is 4. The van der Waals surface area contributed by atoms with Gasteiger partial charge < -0.3 is 0 Å². The molecule has 0 aliphatic carbocycles. The molecule has 0 saturated carbocycles. The summed E-state index contributed by atoms with van der Waals surface area (Å²) < 4.78 is 0. The van der Waals surface area contributed by atoms with E-state index < -0.39 is 0 Å². The van der Waals surface area contributed by atoms with Gasteiger partial charge in [-0.1, -0.05) is 53.6 Å². The topological polar surface area (TPSA) is 0 Å². The van der Waals surface area contributed by atoms with Crippen LogP contribution < -0.4 is 0 Å². The zero-order valence-corrected chi connectivity index (χ0v) is 9.96. The van der Waals surface area contributed by atoms with Crippen LogP contribution >= 0.6 is 0 Å². The Balaban J connectivity index is 2.39. The normalized spacial score (nSPS) is 10.6. The van der Waals surface area contributed by atoms with Crippen molar-refractivity contribution in [2.45, 2.75) is 33.6 Å². The second-order valence-electron chi connectivity index (χ2n) is 4.15. The van der Waals surface area contributed by atoms with Crippen molar-refractivity contribution in [1.82, 2.24) is 0 Å². The number of hydrogen-bond acceptors (Lipinski definition) is 0. The van der Waals surface area contributed by atoms with E-state index in [-0.39, 0.29) is 0 Å². The van der Waals surface area contributed by atoms with Gasteiger partial charge in [0, 0.05) is 0 Å². The van der Waals surface area contributed by atoms with Crippen LogP contribution in [0.5, 0.6) is 0 Å². The Hall–Kier alpha value is -1.30. The summed E-state index contributed by atoms with van der Waals surface area (Å²) in [5.41, 5.74) is 4.28. The van der Waals surface area contributed by atoms with E-state index in [1.807, 2.05) is 0 Å². The third kappa shape index (κ3) is 4.64. The van der Waals surface area contributed by atoms with Gasteiger partial charge in [0.2, 0.25) is 0 Å². The molecular formula is C15H20. The SMILES string of the molecule is CC(C)=C(C)C/C=C/Cc1ccccc1. The quantitative estimate of drug-likeness (QED) is 0.626. The minimum atomic E-state index is 1.04. The minimum Gasteiger partial charge on any atom is -0.0841 e. The summed E-state index contributed by atoms with van der Waals surface area (Å²) in [5, 5.41) is 0.